The number of benzene rings is 2. The van der Waals surface area contributed by atoms with Gasteiger partial charge in [-0.2, -0.15) is 0 Å². The molecule has 2 amide bonds. The summed E-state index contributed by atoms with van der Waals surface area (Å²) in [6.07, 6.45) is -6.39. The molecule has 0 saturated heterocycles. The second-order valence-electron chi connectivity index (χ2n) is 7.10. The minimum absolute atomic E-state index is 0.0283. The maximum absolute atomic E-state index is 13.9. The van der Waals surface area contributed by atoms with E-state index in [0.29, 0.717) is 0 Å². The molecular weight excluding hydrogens is 469 g/mol. The number of nitrogen functional groups attached to an aromatic ring is 1. The van der Waals surface area contributed by atoms with Crippen molar-refractivity contribution in [3.8, 4) is 0 Å². The fourth-order valence-corrected chi connectivity index (χ4v) is 3.75. The van der Waals surface area contributed by atoms with Gasteiger partial charge in [-0.3, -0.25) is 9.59 Å². The van der Waals surface area contributed by atoms with Crippen LogP contribution in [0.15, 0.2) is 24.3 Å². The Labute approximate surface area is 191 Å². The summed E-state index contributed by atoms with van der Waals surface area (Å²) in [5.41, 5.74) is 5.58. The zero-order valence-corrected chi connectivity index (χ0v) is 18.2. The van der Waals surface area contributed by atoms with Gasteiger partial charge in [0, 0.05) is 28.9 Å². The van der Waals surface area contributed by atoms with E-state index < -0.39 is 36.6 Å². The van der Waals surface area contributed by atoms with E-state index in [2.05, 4.69) is 5.32 Å². The topological polar surface area (TPSA) is 139 Å². The van der Waals surface area contributed by atoms with Crippen molar-refractivity contribution >= 4 is 41.5 Å². The summed E-state index contributed by atoms with van der Waals surface area (Å²) in [7, 11) is 1.23. The molecule has 9 nitrogen and oxygen atoms in total. The molecule has 1 unspecified atom stereocenters. The van der Waals surface area contributed by atoms with Crippen LogP contribution < -0.4 is 20.9 Å². The number of nitrogens with one attached hydrogen (secondary N) is 1. The first-order valence-electron chi connectivity index (χ1n) is 9.32. The van der Waals surface area contributed by atoms with E-state index in [1.54, 1.807) is 0 Å². The molecule has 2 rings (SSSR count). The van der Waals surface area contributed by atoms with Gasteiger partial charge < -0.3 is 31.3 Å². The van der Waals surface area contributed by atoms with Crippen LogP contribution in [0.4, 0.5) is 30.2 Å². The van der Waals surface area contributed by atoms with Crippen molar-refractivity contribution in [1.82, 2.24) is 5.32 Å². The third kappa shape index (κ3) is 5.66. The minimum atomic E-state index is -3.72. The molecule has 2 aromatic rings. The lowest BCUT2D eigenvalue weighted by atomic mass is 9.91. The number of halogens is 4. The summed E-state index contributed by atoms with van der Waals surface area (Å²) in [6.45, 7) is 0.495. The van der Waals surface area contributed by atoms with Crippen molar-refractivity contribution in [1.29, 1.82) is 0 Å². The number of hydrogen-bond acceptors (Lipinski definition) is 7. The molecule has 0 radical (unpaired) electrons. The number of rotatable bonds is 10. The summed E-state index contributed by atoms with van der Waals surface area (Å²) in [4.78, 5) is 24.1. The molecule has 0 aromatic heterocycles. The number of carbonyl (C=O) groups excluding carboxylic acids is 2. The highest BCUT2D eigenvalue weighted by Gasteiger charge is 2.36. The molecule has 0 aliphatic carbocycles. The molecule has 0 spiro atoms. The van der Waals surface area contributed by atoms with Crippen LogP contribution in [0.25, 0.3) is 0 Å². The Morgan fingerprint density at radius 2 is 1.88 bits per heavy atom. The second-order valence-corrected chi connectivity index (χ2v) is 7.51. The number of nitrogens with zero attached hydrogens (tertiary/aromatic N) is 2. The molecule has 0 fully saturated rings. The molecular formula is C20H22ClF3N4O5. The van der Waals surface area contributed by atoms with Gasteiger partial charge in [0.1, 0.15) is 5.82 Å². The van der Waals surface area contributed by atoms with E-state index in [-0.39, 0.29) is 50.8 Å². The second kappa shape index (κ2) is 10.3. The lowest BCUT2D eigenvalue weighted by Gasteiger charge is -2.34. The largest absolute Gasteiger partial charge is 0.398 e. The Bertz CT molecular complexity index is 1040. The lowest BCUT2D eigenvalue weighted by molar-refractivity contribution is -0.305. The Morgan fingerprint density at radius 3 is 2.39 bits per heavy atom. The van der Waals surface area contributed by atoms with Crippen molar-refractivity contribution < 1.29 is 38.1 Å². The number of aliphatic hydroxyl groups is 3. The maximum Gasteiger partial charge on any atom is 0.376 e. The first-order valence-corrected chi connectivity index (χ1v) is 9.69. The van der Waals surface area contributed by atoms with Crippen LogP contribution in [-0.4, -0.2) is 54.3 Å². The van der Waals surface area contributed by atoms with Crippen molar-refractivity contribution in [3.63, 3.8) is 0 Å². The fourth-order valence-electron chi connectivity index (χ4n) is 3.52. The average Bonchev–Trinajstić information content (AvgIpc) is 2.69. The summed E-state index contributed by atoms with van der Waals surface area (Å²) in [6, 6.07) is 3.29. The quantitative estimate of drug-likeness (QED) is 0.193. The van der Waals surface area contributed by atoms with Gasteiger partial charge in [0.25, 0.3) is 6.43 Å². The van der Waals surface area contributed by atoms with E-state index in [1.165, 1.54) is 20.0 Å². The number of hydrogen-bond donors (Lipinski definition) is 5. The van der Waals surface area contributed by atoms with Gasteiger partial charge >= 0.3 is 6.10 Å². The fraction of sp³-hybridized carbons (Fsp3) is 0.300. The van der Waals surface area contributed by atoms with Crippen LogP contribution in [-0.2, 0) is 9.59 Å². The molecule has 33 heavy (non-hydrogen) atoms. The summed E-state index contributed by atoms with van der Waals surface area (Å²) < 4.78 is 40.0. The van der Waals surface area contributed by atoms with Crippen molar-refractivity contribution in [3.05, 3.63) is 51.8 Å². The predicted octanol–water partition coefficient (Wildman–Crippen LogP) is 1.46. The lowest BCUT2D eigenvalue weighted by Crippen LogP contribution is -2.49. The molecule has 6 N–H and O–H groups in total. The van der Waals surface area contributed by atoms with Gasteiger partial charge in [0.15, 0.2) is 0 Å². The Morgan fingerprint density at radius 1 is 1.24 bits per heavy atom. The van der Waals surface area contributed by atoms with Crippen LogP contribution >= 0.6 is 11.6 Å². The number of nitrogens with two attached hydrogens (primary N) is 1. The molecule has 0 saturated carbocycles. The molecule has 2 aromatic carbocycles. The van der Waals surface area contributed by atoms with Crippen molar-refractivity contribution in [2.24, 2.45) is 0 Å². The number of alkyl halides is 2. The van der Waals surface area contributed by atoms with E-state index >= 15 is 0 Å². The van der Waals surface area contributed by atoms with Crippen LogP contribution in [0.2, 0.25) is 5.02 Å². The highest BCUT2D eigenvalue weighted by Crippen LogP contribution is 2.43. The Hall–Kier alpha value is -3.06. The van der Waals surface area contributed by atoms with Crippen LogP contribution in [0, 0.1) is 12.7 Å². The van der Waals surface area contributed by atoms with E-state index in [9.17, 15) is 38.1 Å². The SMILES string of the molecule is Cc1c(C(NC=O)c2cc(F)ccc2Cl)c(N)cc(N(C)CC(F)F)c1N(C=O)C(O)(O)O. The van der Waals surface area contributed by atoms with E-state index in [4.69, 9.17) is 17.3 Å². The molecule has 0 bridgehead atoms. The standard InChI is InChI=1S/C20H22ClF3N4O5/c1-10-17(18(26-8-29)12-5-11(22)3-4-13(12)21)14(25)6-15(27(2)7-16(23)24)19(10)28(9-30)20(31,32)33/h3-6,8-9,16,18,31-33H,7,25H2,1-2H3,(H,26,29). The van der Waals surface area contributed by atoms with Crippen LogP contribution in [0.5, 0.6) is 0 Å². The van der Waals surface area contributed by atoms with Gasteiger partial charge in [-0.25, -0.2) is 18.1 Å². The number of anilines is 3. The van der Waals surface area contributed by atoms with Crippen molar-refractivity contribution in [2.75, 3.05) is 29.1 Å². The summed E-state index contributed by atoms with van der Waals surface area (Å²) >= 11 is 6.18. The predicted molar refractivity (Wildman–Crippen MR) is 115 cm³/mol. The first kappa shape index (κ1) is 26.2. The van der Waals surface area contributed by atoms with Gasteiger partial charge in [-0.1, -0.05) is 11.6 Å². The molecule has 13 heteroatoms. The Kier molecular flexibility index (Phi) is 8.14. The van der Waals surface area contributed by atoms with E-state index in [1.807, 2.05) is 0 Å². The molecule has 0 aliphatic rings. The Balaban J connectivity index is 2.91. The summed E-state index contributed by atoms with van der Waals surface area (Å²) in [5, 5.41) is 31.6. The van der Waals surface area contributed by atoms with E-state index in [0.717, 1.165) is 23.1 Å². The van der Waals surface area contributed by atoms with Gasteiger partial charge in [-0.05, 0) is 36.8 Å². The zero-order chi connectivity index (χ0) is 25.1. The third-order valence-electron chi connectivity index (χ3n) is 4.89. The van der Waals surface area contributed by atoms with Gasteiger partial charge in [0.05, 0.1) is 24.0 Å². The molecule has 0 heterocycles. The number of carbonyl (C=O) groups is 2. The normalized spacial score (nSPS) is 12.4. The smallest absolute Gasteiger partial charge is 0.376 e. The highest BCUT2D eigenvalue weighted by atomic mass is 35.5. The zero-order valence-electron chi connectivity index (χ0n) is 17.5. The average molecular weight is 491 g/mol. The molecule has 0 aliphatic heterocycles. The minimum Gasteiger partial charge on any atom is -0.398 e. The third-order valence-corrected chi connectivity index (χ3v) is 5.23. The highest BCUT2D eigenvalue weighted by molar-refractivity contribution is 6.31. The molecule has 1 atom stereocenters. The number of amides is 2. The van der Waals surface area contributed by atoms with Gasteiger partial charge in [-0.15, -0.1) is 0 Å². The molecule has 180 valence electrons. The first-order chi connectivity index (χ1) is 15.3. The summed E-state index contributed by atoms with van der Waals surface area (Å²) in [5.74, 6) is -0.688. The maximum atomic E-state index is 13.9. The monoisotopic (exact) mass is 490 g/mol. The van der Waals surface area contributed by atoms with Crippen molar-refractivity contribution in [2.45, 2.75) is 25.5 Å². The van der Waals surface area contributed by atoms with Crippen LogP contribution in [0.3, 0.4) is 0 Å². The van der Waals surface area contributed by atoms with Crippen LogP contribution in [0.1, 0.15) is 22.7 Å². The van der Waals surface area contributed by atoms with Gasteiger partial charge in [0.2, 0.25) is 12.8 Å².